The lowest BCUT2D eigenvalue weighted by Crippen LogP contribution is -2.41. The normalized spacial score (nSPS) is 14.8. The third kappa shape index (κ3) is 4.25. The summed E-state index contributed by atoms with van der Waals surface area (Å²) in [4.78, 5) is 23.9. The second-order valence-corrected chi connectivity index (χ2v) is 7.57. The van der Waals surface area contributed by atoms with Crippen molar-refractivity contribution in [1.29, 1.82) is 0 Å². The van der Waals surface area contributed by atoms with Gasteiger partial charge in [-0.25, -0.2) is 9.97 Å². The van der Waals surface area contributed by atoms with E-state index in [4.69, 9.17) is 14.5 Å². The highest BCUT2D eigenvalue weighted by Crippen LogP contribution is 2.28. The maximum absolute atomic E-state index is 12.6. The van der Waals surface area contributed by atoms with E-state index in [1.807, 2.05) is 47.5 Å². The Morgan fingerprint density at radius 1 is 1.13 bits per heavy atom. The molecule has 30 heavy (non-hydrogen) atoms. The number of ether oxygens (including phenoxy) is 2. The zero-order valence-electron chi connectivity index (χ0n) is 17.6. The Balaban J connectivity index is 1.37. The van der Waals surface area contributed by atoms with Gasteiger partial charge in [-0.1, -0.05) is 6.92 Å². The molecule has 1 aromatic carbocycles. The quantitative estimate of drug-likeness (QED) is 0.597. The Labute approximate surface area is 176 Å². The second kappa shape index (κ2) is 9.15. The molecule has 7 heteroatoms. The van der Waals surface area contributed by atoms with E-state index >= 15 is 0 Å². The SMILES string of the molecule is CCCc1nc2cccnc2n1C1CCN(C(=O)COc2ccc(OC)cc2)CC1. The number of aromatic nitrogens is 3. The first-order valence-electron chi connectivity index (χ1n) is 10.6. The zero-order chi connectivity index (χ0) is 20.9. The molecule has 0 unspecified atom stereocenters. The van der Waals surface area contributed by atoms with Crippen molar-refractivity contribution in [2.24, 2.45) is 0 Å². The number of pyridine rings is 1. The minimum Gasteiger partial charge on any atom is -0.497 e. The lowest BCUT2D eigenvalue weighted by molar-refractivity contribution is -0.134. The van der Waals surface area contributed by atoms with E-state index in [2.05, 4.69) is 16.5 Å². The summed E-state index contributed by atoms with van der Waals surface area (Å²) < 4.78 is 13.1. The van der Waals surface area contributed by atoms with Crippen LogP contribution in [0.4, 0.5) is 0 Å². The number of rotatable bonds is 7. The van der Waals surface area contributed by atoms with Crippen molar-refractivity contribution >= 4 is 17.1 Å². The number of benzene rings is 1. The van der Waals surface area contributed by atoms with E-state index in [9.17, 15) is 4.79 Å². The summed E-state index contributed by atoms with van der Waals surface area (Å²) in [6.07, 6.45) is 5.60. The maximum atomic E-state index is 12.6. The summed E-state index contributed by atoms with van der Waals surface area (Å²) in [5, 5.41) is 0. The molecule has 0 atom stereocenters. The largest absolute Gasteiger partial charge is 0.497 e. The predicted octanol–water partition coefficient (Wildman–Crippen LogP) is 3.63. The molecule has 3 heterocycles. The number of fused-ring (bicyclic) bond motifs is 1. The highest BCUT2D eigenvalue weighted by Gasteiger charge is 2.27. The Bertz CT molecular complexity index is 991. The van der Waals surface area contributed by atoms with E-state index in [0.717, 1.165) is 48.4 Å². The molecule has 0 saturated carbocycles. The summed E-state index contributed by atoms with van der Waals surface area (Å²) in [7, 11) is 1.62. The summed E-state index contributed by atoms with van der Waals surface area (Å²) in [6.45, 7) is 3.65. The van der Waals surface area contributed by atoms with Gasteiger partial charge in [0.2, 0.25) is 0 Å². The van der Waals surface area contributed by atoms with Crippen LogP contribution < -0.4 is 9.47 Å². The Morgan fingerprint density at radius 2 is 1.87 bits per heavy atom. The van der Waals surface area contributed by atoms with Crippen LogP contribution in [0.2, 0.25) is 0 Å². The number of carbonyl (C=O) groups is 1. The molecule has 158 valence electrons. The van der Waals surface area contributed by atoms with E-state index in [1.54, 1.807) is 7.11 Å². The van der Waals surface area contributed by atoms with E-state index < -0.39 is 0 Å². The van der Waals surface area contributed by atoms with Crippen molar-refractivity contribution in [2.45, 2.75) is 38.6 Å². The fourth-order valence-corrected chi connectivity index (χ4v) is 4.04. The monoisotopic (exact) mass is 408 g/mol. The zero-order valence-corrected chi connectivity index (χ0v) is 17.6. The van der Waals surface area contributed by atoms with E-state index in [0.29, 0.717) is 24.9 Å². The first-order valence-corrected chi connectivity index (χ1v) is 10.6. The van der Waals surface area contributed by atoms with E-state index in [1.165, 1.54) is 0 Å². The van der Waals surface area contributed by atoms with Crippen LogP contribution in [0.5, 0.6) is 11.5 Å². The second-order valence-electron chi connectivity index (χ2n) is 7.57. The number of hydrogen-bond donors (Lipinski definition) is 0. The van der Waals surface area contributed by atoms with Crippen molar-refractivity contribution in [3.05, 3.63) is 48.4 Å². The van der Waals surface area contributed by atoms with Gasteiger partial charge in [-0.05, 0) is 55.7 Å². The molecule has 0 aliphatic carbocycles. The summed E-state index contributed by atoms with van der Waals surface area (Å²) in [5.41, 5.74) is 1.90. The molecule has 3 aromatic rings. The standard InChI is InChI=1S/C23H28N4O3/c1-3-5-21-25-20-6-4-13-24-23(20)27(21)17-11-14-26(15-12-17)22(28)16-30-19-9-7-18(29-2)8-10-19/h4,6-10,13,17H,3,5,11-12,14-16H2,1-2H3. The third-order valence-corrected chi connectivity index (χ3v) is 5.60. The van der Waals surface area contributed by atoms with Crippen molar-refractivity contribution in [3.63, 3.8) is 0 Å². The van der Waals surface area contributed by atoms with Crippen LogP contribution in [0, 0.1) is 0 Å². The number of amides is 1. The fraction of sp³-hybridized carbons (Fsp3) is 0.435. The number of nitrogens with zero attached hydrogens (tertiary/aromatic N) is 4. The highest BCUT2D eigenvalue weighted by molar-refractivity contribution is 5.78. The molecule has 1 aliphatic heterocycles. The molecule has 1 amide bonds. The summed E-state index contributed by atoms with van der Waals surface area (Å²) >= 11 is 0. The van der Waals surface area contributed by atoms with Crippen molar-refractivity contribution in [3.8, 4) is 11.5 Å². The van der Waals surface area contributed by atoms with Crippen molar-refractivity contribution in [1.82, 2.24) is 19.4 Å². The summed E-state index contributed by atoms with van der Waals surface area (Å²) in [6, 6.07) is 11.5. The first-order chi connectivity index (χ1) is 14.7. The number of carbonyl (C=O) groups excluding carboxylic acids is 1. The van der Waals surface area contributed by atoms with Crippen LogP contribution in [0.3, 0.4) is 0 Å². The highest BCUT2D eigenvalue weighted by atomic mass is 16.5. The van der Waals surface area contributed by atoms with Gasteiger partial charge in [-0.15, -0.1) is 0 Å². The predicted molar refractivity (Wildman–Crippen MR) is 115 cm³/mol. The molecule has 0 radical (unpaired) electrons. The van der Waals surface area contributed by atoms with Crippen molar-refractivity contribution in [2.75, 3.05) is 26.8 Å². The topological polar surface area (TPSA) is 69.5 Å². The minimum absolute atomic E-state index is 0.0201. The van der Waals surface area contributed by atoms with Crippen LogP contribution in [-0.4, -0.2) is 52.1 Å². The molecule has 1 aliphatic rings. The van der Waals surface area contributed by atoms with Crippen LogP contribution in [-0.2, 0) is 11.2 Å². The number of likely N-dealkylation sites (tertiary alicyclic amines) is 1. The molecule has 0 spiro atoms. The smallest absolute Gasteiger partial charge is 0.260 e. The Hall–Kier alpha value is -3.09. The number of hydrogen-bond acceptors (Lipinski definition) is 5. The van der Waals surface area contributed by atoms with Gasteiger partial charge in [-0.3, -0.25) is 4.79 Å². The number of methoxy groups -OCH3 is 1. The molecular formula is C23H28N4O3. The minimum atomic E-state index is 0.0201. The number of aryl methyl sites for hydroxylation is 1. The molecular weight excluding hydrogens is 380 g/mol. The molecule has 1 fully saturated rings. The average Bonchev–Trinajstić information content (AvgIpc) is 3.16. The molecule has 1 saturated heterocycles. The lowest BCUT2D eigenvalue weighted by atomic mass is 10.0. The number of imidazole rings is 1. The fourth-order valence-electron chi connectivity index (χ4n) is 4.04. The Morgan fingerprint density at radius 3 is 2.57 bits per heavy atom. The summed E-state index contributed by atoms with van der Waals surface area (Å²) in [5.74, 6) is 2.55. The number of piperidine rings is 1. The molecule has 4 rings (SSSR count). The van der Waals surface area contributed by atoms with Crippen LogP contribution in [0.1, 0.15) is 38.1 Å². The molecule has 7 nitrogen and oxygen atoms in total. The first kappa shape index (κ1) is 20.2. The van der Waals surface area contributed by atoms with Gasteiger partial charge >= 0.3 is 0 Å². The van der Waals surface area contributed by atoms with Gasteiger partial charge in [0, 0.05) is 31.7 Å². The maximum Gasteiger partial charge on any atom is 0.260 e. The molecule has 2 aromatic heterocycles. The van der Waals surface area contributed by atoms with Gasteiger partial charge in [0.25, 0.3) is 5.91 Å². The lowest BCUT2D eigenvalue weighted by Gasteiger charge is -2.33. The van der Waals surface area contributed by atoms with Crippen LogP contribution in [0.25, 0.3) is 11.2 Å². The Kier molecular flexibility index (Phi) is 6.16. The van der Waals surface area contributed by atoms with Crippen LogP contribution in [0.15, 0.2) is 42.6 Å². The van der Waals surface area contributed by atoms with Gasteiger partial charge < -0.3 is 18.9 Å². The van der Waals surface area contributed by atoms with Gasteiger partial charge in [0.15, 0.2) is 12.3 Å². The van der Waals surface area contributed by atoms with Gasteiger partial charge in [-0.2, -0.15) is 0 Å². The molecule has 0 N–H and O–H groups in total. The van der Waals surface area contributed by atoms with Crippen molar-refractivity contribution < 1.29 is 14.3 Å². The third-order valence-electron chi connectivity index (χ3n) is 5.60. The van der Waals surface area contributed by atoms with E-state index in [-0.39, 0.29) is 12.5 Å². The molecule has 0 bridgehead atoms. The van der Waals surface area contributed by atoms with Gasteiger partial charge in [0.1, 0.15) is 22.8 Å². The average molecular weight is 409 g/mol. The van der Waals surface area contributed by atoms with Crippen LogP contribution >= 0.6 is 0 Å². The van der Waals surface area contributed by atoms with Gasteiger partial charge in [0.05, 0.1) is 7.11 Å².